The Morgan fingerprint density at radius 1 is 0.543 bits per heavy atom. The van der Waals surface area contributed by atoms with Crippen LogP contribution >= 0.6 is 0 Å². The van der Waals surface area contributed by atoms with Crippen molar-refractivity contribution in [2.45, 2.75) is 60.9 Å². The second-order valence-corrected chi connectivity index (χ2v) is 6.92. The molecule has 0 amide bonds. The first kappa shape index (κ1) is 31.0. The number of hydrogen-bond donors (Lipinski definition) is 1. The summed E-state index contributed by atoms with van der Waals surface area (Å²) in [7, 11) is 0. The van der Waals surface area contributed by atoms with Crippen LogP contribution in [0.1, 0.15) is 29.7 Å². The van der Waals surface area contributed by atoms with Crippen LogP contribution in [0.5, 0.6) is 0 Å². The van der Waals surface area contributed by atoms with E-state index in [0.29, 0.717) is 6.92 Å². The summed E-state index contributed by atoms with van der Waals surface area (Å²) < 4.78 is 237. The highest BCUT2D eigenvalue weighted by atomic mass is 19.4. The molecule has 0 aliphatic heterocycles. The Morgan fingerprint density at radius 3 is 1.20 bits per heavy atom. The summed E-state index contributed by atoms with van der Waals surface area (Å²) >= 11 is 0. The first-order chi connectivity index (χ1) is 15.0. The molecule has 1 atom stereocenters. The van der Waals surface area contributed by atoms with Crippen molar-refractivity contribution in [2.24, 2.45) is 0 Å². The van der Waals surface area contributed by atoms with Gasteiger partial charge in [-0.1, -0.05) is 12.1 Å². The van der Waals surface area contributed by atoms with Gasteiger partial charge in [-0.15, -0.1) is 0 Å². The summed E-state index contributed by atoms with van der Waals surface area (Å²) in [5.41, 5.74) is -8.03. The SMILES string of the molecule is CC(O)c1ccc(C(F)(F)C(F)(F)C(F)(F)C(F)(F)F)cc1C(F)(F)C(F)(F)C(F)(F)C(F)(F)F. The second-order valence-electron chi connectivity index (χ2n) is 6.92. The fourth-order valence-corrected chi connectivity index (χ4v) is 2.49. The standard InChI is InChI=1S/C16H8F18O/c1-5(35)7-3-2-6(9(17,18)11(21,22)13(25,26)15(29,30)31)4-8(7)10(19,20)12(23,24)14(27,28)16(32,33)34/h2-5,35H,1H3. The van der Waals surface area contributed by atoms with Gasteiger partial charge in [-0.25, -0.2) is 0 Å². The first-order valence-electron chi connectivity index (χ1n) is 8.26. The monoisotopic (exact) mass is 558 g/mol. The molecule has 0 aliphatic carbocycles. The minimum atomic E-state index is -7.63. The average Bonchev–Trinajstić information content (AvgIpc) is 2.64. The molecule has 0 saturated carbocycles. The molecule has 0 bridgehead atoms. The molecule has 0 aliphatic rings. The summed E-state index contributed by atoms with van der Waals surface area (Å²) in [6.45, 7) is 0.319. The molecule has 1 unspecified atom stereocenters. The minimum Gasteiger partial charge on any atom is -0.389 e. The Bertz CT molecular complexity index is 923. The zero-order chi connectivity index (χ0) is 28.4. The van der Waals surface area contributed by atoms with E-state index in [1.807, 2.05) is 0 Å². The van der Waals surface area contributed by atoms with Crippen LogP contribution in [0.15, 0.2) is 18.2 Å². The Hall–Kier alpha value is -2.08. The molecule has 0 saturated heterocycles. The number of rotatable bonds is 7. The van der Waals surface area contributed by atoms with E-state index in [0.717, 1.165) is 0 Å². The zero-order valence-corrected chi connectivity index (χ0v) is 16.1. The second kappa shape index (κ2) is 8.22. The van der Waals surface area contributed by atoms with Crippen LogP contribution in [-0.4, -0.2) is 41.1 Å². The fourth-order valence-electron chi connectivity index (χ4n) is 2.49. The van der Waals surface area contributed by atoms with E-state index >= 15 is 0 Å². The number of alkyl halides is 18. The zero-order valence-electron chi connectivity index (χ0n) is 16.1. The molecule has 19 heteroatoms. The number of benzene rings is 1. The van der Waals surface area contributed by atoms with Gasteiger partial charge in [-0.3, -0.25) is 0 Å². The highest BCUT2D eigenvalue weighted by molar-refractivity contribution is 5.41. The Morgan fingerprint density at radius 2 is 0.886 bits per heavy atom. The van der Waals surface area contributed by atoms with Gasteiger partial charge in [0.25, 0.3) is 0 Å². The molecule has 0 fully saturated rings. The van der Waals surface area contributed by atoms with Gasteiger partial charge in [-0.2, -0.15) is 79.0 Å². The van der Waals surface area contributed by atoms with Gasteiger partial charge in [0.15, 0.2) is 0 Å². The van der Waals surface area contributed by atoms with Crippen molar-refractivity contribution in [3.8, 4) is 0 Å². The number of halogens is 18. The summed E-state index contributed by atoms with van der Waals surface area (Å²) in [5, 5.41) is 9.29. The molecular weight excluding hydrogens is 550 g/mol. The molecule has 1 rings (SSSR count). The molecule has 0 radical (unpaired) electrons. The molecule has 0 aromatic heterocycles. The maximum atomic E-state index is 14.3. The lowest BCUT2D eigenvalue weighted by molar-refractivity contribution is -0.400. The third kappa shape index (κ3) is 4.36. The highest BCUT2D eigenvalue weighted by Gasteiger charge is 2.83. The minimum absolute atomic E-state index is 0.319. The molecule has 35 heavy (non-hydrogen) atoms. The summed E-state index contributed by atoms with van der Waals surface area (Å²) in [6, 6.07) is -2.52. The predicted molar refractivity (Wildman–Crippen MR) is 76.8 cm³/mol. The van der Waals surface area contributed by atoms with Crippen molar-refractivity contribution in [1.82, 2.24) is 0 Å². The van der Waals surface area contributed by atoms with Gasteiger partial charge in [0.1, 0.15) is 0 Å². The van der Waals surface area contributed by atoms with Crippen molar-refractivity contribution in [1.29, 1.82) is 0 Å². The van der Waals surface area contributed by atoms with Crippen LogP contribution in [-0.2, 0) is 11.8 Å². The van der Waals surface area contributed by atoms with E-state index in [9.17, 15) is 84.1 Å². The normalized spacial score (nSPS) is 16.5. The van der Waals surface area contributed by atoms with Crippen molar-refractivity contribution >= 4 is 0 Å². The largest absolute Gasteiger partial charge is 0.460 e. The quantitative estimate of drug-likeness (QED) is 0.342. The van der Waals surface area contributed by atoms with Crippen LogP contribution in [0.4, 0.5) is 79.0 Å². The molecule has 0 spiro atoms. The number of aliphatic hydroxyl groups is 1. The van der Waals surface area contributed by atoms with E-state index in [-0.39, 0.29) is 0 Å². The summed E-state index contributed by atoms with van der Waals surface area (Å²) in [6.07, 6.45) is -17.4. The van der Waals surface area contributed by atoms with Crippen LogP contribution < -0.4 is 0 Å². The molecule has 1 N–H and O–H groups in total. The van der Waals surface area contributed by atoms with Crippen molar-refractivity contribution in [3.05, 3.63) is 34.9 Å². The molecule has 0 heterocycles. The average molecular weight is 558 g/mol. The van der Waals surface area contributed by atoms with Gasteiger partial charge in [0, 0.05) is 11.1 Å². The number of hydrogen-bond acceptors (Lipinski definition) is 1. The fraction of sp³-hybridized carbons (Fsp3) is 0.625. The molecule has 1 nitrogen and oxygen atoms in total. The first-order valence-corrected chi connectivity index (χ1v) is 8.26. The van der Waals surface area contributed by atoms with Crippen molar-refractivity contribution in [3.63, 3.8) is 0 Å². The van der Waals surface area contributed by atoms with Gasteiger partial charge in [0.05, 0.1) is 6.10 Å². The van der Waals surface area contributed by atoms with E-state index in [1.165, 1.54) is 0 Å². The lowest BCUT2D eigenvalue weighted by Crippen LogP contribution is -2.60. The Balaban J connectivity index is 3.96. The Kier molecular flexibility index (Phi) is 7.27. The maximum Gasteiger partial charge on any atom is 0.460 e. The third-order valence-electron chi connectivity index (χ3n) is 4.49. The van der Waals surface area contributed by atoms with E-state index in [1.54, 1.807) is 0 Å². The summed E-state index contributed by atoms with van der Waals surface area (Å²) in [4.78, 5) is 0. The molecule has 1 aromatic carbocycles. The lowest BCUT2D eigenvalue weighted by atomic mass is 9.87. The van der Waals surface area contributed by atoms with Crippen molar-refractivity contribution in [2.75, 3.05) is 0 Å². The van der Waals surface area contributed by atoms with Gasteiger partial charge in [-0.05, 0) is 18.6 Å². The number of aliphatic hydroxyl groups excluding tert-OH is 1. The molecular formula is C16H8F18O. The van der Waals surface area contributed by atoms with Crippen molar-refractivity contribution < 1.29 is 84.1 Å². The van der Waals surface area contributed by atoms with Gasteiger partial charge >= 0.3 is 47.9 Å². The smallest absolute Gasteiger partial charge is 0.389 e. The highest BCUT2D eigenvalue weighted by Crippen LogP contribution is 2.60. The topological polar surface area (TPSA) is 20.2 Å². The molecule has 204 valence electrons. The van der Waals surface area contributed by atoms with Gasteiger partial charge < -0.3 is 5.11 Å². The molecule has 1 aromatic rings. The Labute approximate surface area is 181 Å². The summed E-state index contributed by atoms with van der Waals surface area (Å²) in [5.74, 6) is -44.2. The lowest BCUT2D eigenvalue weighted by Gasteiger charge is -2.36. The third-order valence-corrected chi connectivity index (χ3v) is 4.49. The van der Waals surface area contributed by atoms with E-state index < -0.39 is 88.9 Å². The van der Waals surface area contributed by atoms with Crippen LogP contribution in [0.25, 0.3) is 0 Å². The maximum absolute atomic E-state index is 14.3. The van der Waals surface area contributed by atoms with Crippen LogP contribution in [0.2, 0.25) is 0 Å². The van der Waals surface area contributed by atoms with E-state index in [2.05, 4.69) is 0 Å². The van der Waals surface area contributed by atoms with Crippen LogP contribution in [0, 0.1) is 0 Å². The predicted octanol–water partition coefficient (Wildman–Crippen LogP) is 7.59. The van der Waals surface area contributed by atoms with E-state index in [4.69, 9.17) is 0 Å². The van der Waals surface area contributed by atoms with Gasteiger partial charge in [0.2, 0.25) is 0 Å². The van der Waals surface area contributed by atoms with Crippen LogP contribution in [0.3, 0.4) is 0 Å².